The number of nitrogens with zero attached hydrogens (tertiary/aromatic N) is 3. The average Bonchev–Trinajstić information content (AvgIpc) is 3.00. The van der Waals surface area contributed by atoms with Gasteiger partial charge in [-0.05, 0) is 31.5 Å². The van der Waals surface area contributed by atoms with Crippen LogP contribution in [0, 0.1) is 18.3 Å². The highest BCUT2D eigenvalue weighted by molar-refractivity contribution is 7.90. The van der Waals surface area contributed by atoms with E-state index < -0.39 is 9.84 Å². The van der Waals surface area contributed by atoms with Gasteiger partial charge in [-0.25, -0.2) is 13.1 Å². The molecule has 2 aromatic carbocycles. The summed E-state index contributed by atoms with van der Waals surface area (Å²) in [7, 11) is -3.27. The Balaban J connectivity index is 2.26. The zero-order valence-corrected chi connectivity index (χ0v) is 16.2. The quantitative estimate of drug-likeness (QED) is 0.680. The van der Waals surface area contributed by atoms with Crippen molar-refractivity contribution in [3.63, 3.8) is 0 Å². The summed E-state index contributed by atoms with van der Waals surface area (Å²) in [5.74, 6) is 0. The van der Waals surface area contributed by atoms with Crippen molar-refractivity contribution in [3.8, 4) is 28.5 Å². The number of nitriles is 1. The molecule has 6 heteroatoms. The van der Waals surface area contributed by atoms with Gasteiger partial charge in [0.05, 0.1) is 4.90 Å². The maximum atomic E-state index is 11.7. The predicted molar refractivity (Wildman–Crippen MR) is 107 cm³/mol. The molecular formula is C21H19N3O2S. The molecule has 3 aromatic rings. The van der Waals surface area contributed by atoms with Crippen molar-refractivity contribution in [2.45, 2.75) is 18.7 Å². The summed E-state index contributed by atoms with van der Waals surface area (Å²) in [5.41, 5.74) is 4.54. The van der Waals surface area contributed by atoms with Gasteiger partial charge in [0.2, 0.25) is 0 Å². The second-order valence-corrected chi connectivity index (χ2v) is 8.29. The molecule has 0 atom stereocenters. The van der Waals surface area contributed by atoms with Crippen molar-refractivity contribution >= 4 is 16.0 Å². The van der Waals surface area contributed by atoms with Crippen molar-refractivity contribution < 1.29 is 8.42 Å². The monoisotopic (exact) mass is 377 g/mol. The van der Waals surface area contributed by atoms with E-state index in [4.69, 9.17) is 0 Å². The number of hydrogen-bond acceptors (Lipinski definition) is 4. The van der Waals surface area contributed by atoms with E-state index in [0.29, 0.717) is 11.4 Å². The van der Waals surface area contributed by atoms with Crippen molar-refractivity contribution in [1.29, 1.82) is 5.26 Å². The van der Waals surface area contributed by atoms with Crippen molar-refractivity contribution in [3.05, 3.63) is 65.9 Å². The van der Waals surface area contributed by atoms with Gasteiger partial charge >= 0.3 is 0 Å². The second kappa shape index (κ2) is 7.22. The lowest BCUT2D eigenvalue weighted by atomic mass is 9.98. The Morgan fingerprint density at radius 1 is 1.04 bits per heavy atom. The predicted octanol–water partition coefficient (Wildman–Crippen LogP) is 4.29. The van der Waals surface area contributed by atoms with Gasteiger partial charge in [-0.1, -0.05) is 48.0 Å². The number of rotatable bonds is 4. The first-order valence-corrected chi connectivity index (χ1v) is 10.3. The lowest BCUT2D eigenvalue weighted by Crippen LogP contribution is -1.96. The molecule has 0 bridgehead atoms. The van der Waals surface area contributed by atoms with Gasteiger partial charge in [0.25, 0.3) is 0 Å². The maximum absolute atomic E-state index is 11.7. The fourth-order valence-corrected chi connectivity index (χ4v) is 3.48. The van der Waals surface area contributed by atoms with E-state index in [-0.39, 0.29) is 4.90 Å². The van der Waals surface area contributed by atoms with Crippen LogP contribution in [0.5, 0.6) is 0 Å². The fourth-order valence-electron chi connectivity index (χ4n) is 2.85. The van der Waals surface area contributed by atoms with Crippen LogP contribution in [0.3, 0.4) is 0 Å². The van der Waals surface area contributed by atoms with Crippen LogP contribution >= 0.6 is 0 Å². The van der Waals surface area contributed by atoms with Crippen LogP contribution in [-0.4, -0.2) is 24.5 Å². The number of hydrogen-bond donors (Lipinski definition) is 0. The van der Waals surface area contributed by atoms with Crippen LogP contribution in [-0.2, 0) is 9.84 Å². The molecule has 0 aliphatic heterocycles. The molecule has 3 rings (SSSR count). The van der Waals surface area contributed by atoms with Gasteiger partial charge in [-0.15, -0.1) is 0 Å². The summed E-state index contributed by atoms with van der Waals surface area (Å²) in [6.07, 6.45) is 4.71. The molecule has 0 saturated carbocycles. The third kappa shape index (κ3) is 3.69. The number of aromatic nitrogens is 2. The molecular weight excluding hydrogens is 358 g/mol. The SMILES string of the molecule is CC=Cn1nc(-c2ccc(S(C)(=O)=O)cc2)c(-c2ccc(C)cc2)c1C#N. The van der Waals surface area contributed by atoms with E-state index in [1.165, 1.54) is 6.26 Å². The first-order chi connectivity index (χ1) is 12.8. The number of aryl methyl sites for hydroxylation is 1. The standard InChI is InChI=1S/C21H19N3O2S/c1-4-13-24-19(14-22)20(16-7-5-15(2)6-8-16)21(23-24)17-9-11-18(12-10-17)27(3,25)26/h4-13H,1-3H3. The Morgan fingerprint density at radius 3 is 2.15 bits per heavy atom. The molecule has 0 N–H and O–H groups in total. The van der Waals surface area contributed by atoms with Crippen LogP contribution in [0.2, 0.25) is 0 Å². The minimum absolute atomic E-state index is 0.247. The fraction of sp³-hybridized carbons (Fsp3) is 0.143. The molecule has 0 aliphatic rings. The second-order valence-electron chi connectivity index (χ2n) is 6.27. The first-order valence-electron chi connectivity index (χ1n) is 8.38. The third-order valence-electron chi connectivity index (χ3n) is 4.20. The molecule has 0 radical (unpaired) electrons. The lowest BCUT2D eigenvalue weighted by Gasteiger charge is -2.05. The van der Waals surface area contributed by atoms with Crippen LogP contribution < -0.4 is 0 Å². The molecule has 136 valence electrons. The Morgan fingerprint density at radius 2 is 1.63 bits per heavy atom. The van der Waals surface area contributed by atoms with Crippen molar-refractivity contribution in [2.75, 3.05) is 6.26 Å². The van der Waals surface area contributed by atoms with Gasteiger partial charge in [0, 0.05) is 23.6 Å². The number of benzene rings is 2. The Bertz CT molecular complexity index is 1150. The molecule has 0 fully saturated rings. The van der Waals surface area contributed by atoms with Gasteiger partial charge < -0.3 is 0 Å². The highest BCUT2D eigenvalue weighted by atomic mass is 32.2. The molecule has 27 heavy (non-hydrogen) atoms. The van der Waals surface area contributed by atoms with E-state index in [1.807, 2.05) is 44.2 Å². The summed E-state index contributed by atoms with van der Waals surface area (Å²) < 4.78 is 25.0. The molecule has 1 heterocycles. The minimum atomic E-state index is -3.27. The summed E-state index contributed by atoms with van der Waals surface area (Å²) in [6.45, 7) is 3.86. The maximum Gasteiger partial charge on any atom is 0.175 e. The Labute approximate surface area is 159 Å². The van der Waals surface area contributed by atoms with Crippen molar-refractivity contribution in [1.82, 2.24) is 9.78 Å². The van der Waals surface area contributed by atoms with Crippen LogP contribution in [0.15, 0.2) is 59.5 Å². The zero-order chi connectivity index (χ0) is 19.6. The van der Waals surface area contributed by atoms with Gasteiger partial charge in [0.1, 0.15) is 11.8 Å². The van der Waals surface area contributed by atoms with E-state index in [0.717, 1.165) is 22.3 Å². The Kier molecular flexibility index (Phi) is 4.98. The Hall–Kier alpha value is -3.17. The highest BCUT2D eigenvalue weighted by Crippen LogP contribution is 2.35. The van der Waals surface area contributed by atoms with Gasteiger partial charge in [-0.2, -0.15) is 10.4 Å². The van der Waals surface area contributed by atoms with Crippen molar-refractivity contribution in [2.24, 2.45) is 0 Å². The molecule has 0 saturated heterocycles. The summed E-state index contributed by atoms with van der Waals surface area (Å²) in [5, 5.41) is 14.3. The van der Waals surface area contributed by atoms with Crippen LogP contribution in [0.4, 0.5) is 0 Å². The highest BCUT2D eigenvalue weighted by Gasteiger charge is 2.20. The van der Waals surface area contributed by atoms with E-state index in [9.17, 15) is 13.7 Å². The molecule has 0 amide bonds. The van der Waals surface area contributed by atoms with Crippen LogP contribution in [0.1, 0.15) is 18.2 Å². The molecule has 0 spiro atoms. The minimum Gasteiger partial charge on any atom is -0.229 e. The smallest absolute Gasteiger partial charge is 0.175 e. The number of allylic oxidation sites excluding steroid dienone is 1. The number of sulfone groups is 1. The van der Waals surface area contributed by atoms with E-state index >= 15 is 0 Å². The largest absolute Gasteiger partial charge is 0.229 e. The summed E-state index contributed by atoms with van der Waals surface area (Å²) in [4.78, 5) is 0.247. The zero-order valence-electron chi connectivity index (χ0n) is 15.3. The third-order valence-corrected chi connectivity index (χ3v) is 5.33. The summed E-state index contributed by atoms with van der Waals surface area (Å²) >= 11 is 0. The average molecular weight is 377 g/mol. The molecule has 0 unspecified atom stereocenters. The van der Waals surface area contributed by atoms with Gasteiger partial charge in [-0.3, -0.25) is 0 Å². The topological polar surface area (TPSA) is 75.8 Å². The molecule has 0 aliphatic carbocycles. The van der Waals surface area contributed by atoms with E-state index in [2.05, 4.69) is 11.2 Å². The van der Waals surface area contributed by atoms with E-state index in [1.54, 1.807) is 35.1 Å². The van der Waals surface area contributed by atoms with Crippen LogP contribution in [0.25, 0.3) is 28.6 Å². The lowest BCUT2D eigenvalue weighted by molar-refractivity contribution is 0.602. The molecule has 5 nitrogen and oxygen atoms in total. The molecule has 1 aromatic heterocycles. The normalized spacial score (nSPS) is 11.6. The first kappa shape index (κ1) is 18.6. The summed E-state index contributed by atoms with van der Waals surface area (Å²) in [6, 6.07) is 16.7. The van der Waals surface area contributed by atoms with Gasteiger partial charge in [0.15, 0.2) is 15.5 Å².